The van der Waals surface area contributed by atoms with Crippen molar-refractivity contribution in [2.45, 2.75) is 24.9 Å². The average molecular weight is 402 g/mol. The molecule has 1 N–H and O–H groups in total. The monoisotopic (exact) mass is 401 g/mol. The van der Waals surface area contributed by atoms with Crippen LogP contribution in [0.5, 0.6) is 0 Å². The van der Waals surface area contributed by atoms with Gasteiger partial charge in [-0.25, -0.2) is 0 Å². The van der Waals surface area contributed by atoms with Gasteiger partial charge in [-0.2, -0.15) is 0 Å². The molecule has 4 heteroatoms. The molecule has 0 radical (unpaired) electrons. The Morgan fingerprint density at radius 1 is 1.00 bits per heavy atom. The van der Waals surface area contributed by atoms with E-state index in [1.165, 1.54) is 0 Å². The summed E-state index contributed by atoms with van der Waals surface area (Å²) in [5, 5.41) is 12.5. The number of aliphatic hydroxyl groups is 1. The van der Waals surface area contributed by atoms with Crippen LogP contribution in [-0.4, -0.2) is 34.3 Å². The first-order chi connectivity index (χ1) is 12.2. The summed E-state index contributed by atoms with van der Waals surface area (Å²) in [5.41, 5.74) is 0.824. The lowest BCUT2D eigenvalue weighted by Gasteiger charge is -2.42. The molecule has 0 spiro atoms. The average Bonchev–Trinajstić information content (AvgIpc) is 2.69. The molecule has 1 aliphatic heterocycles. The van der Waals surface area contributed by atoms with Gasteiger partial charge in [0.1, 0.15) is 5.60 Å². The highest BCUT2D eigenvalue weighted by atomic mass is 79.9. The molecule has 1 amide bonds. The zero-order valence-corrected chi connectivity index (χ0v) is 15.9. The van der Waals surface area contributed by atoms with Crippen molar-refractivity contribution < 1.29 is 9.90 Å². The van der Waals surface area contributed by atoms with E-state index in [4.69, 9.17) is 0 Å². The van der Waals surface area contributed by atoms with Crippen LogP contribution >= 0.6 is 15.9 Å². The summed E-state index contributed by atoms with van der Waals surface area (Å²) < 4.78 is 0. The quantitative estimate of drug-likeness (QED) is 0.770. The fourth-order valence-corrected chi connectivity index (χ4v) is 4.15. The van der Waals surface area contributed by atoms with Crippen LogP contribution in [0.2, 0.25) is 0 Å². The number of piperidine rings is 1. The second-order valence-corrected chi connectivity index (χ2v) is 7.39. The predicted octanol–water partition coefficient (Wildman–Crippen LogP) is 3.95. The Morgan fingerprint density at radius 2 is 1.48 bits per heavy atom. The van der Waals surface area contributed by atoms with Crippen LogP contribution < -0.4 is 0 Å². The molecule has 0 aliphatic carbocycles. The number of nitrogens with zero attached hydrogens (tertiary/aromatic N) is 1. The minimum Gasteiger partial charge on any atom is -0.380 e. The van der Waals surface area contributed by atoms with Gasteiger partial charge in [0, 0.05) is 24.8 Å². The van der Waals surface area contributed by atoms with Crippen molar-refractivity contribution >= 4 is 21.8 Å². The van der Waals surface area contributed by atoms with E-state index in [0.29, 0.717) is 24.8 Å². The zero-order valence-electron chi connectivity index (χ0n) is 14.3. The fourth-order valence-electron chi connectivity index (χ4n) is 3.81. The third-order valence-corrected chi connectivity index (χ3v) is 5.57. The molecule has 132 valence electrons. The van der Waals surface area contributed by atoms with Crippen LogP contribution in [0.25, 0.3) is 0 Å². The molecule has 1 heterocycles. The summed E-state index contributed by atoms with van der Waals surface area (Å²) in [6.45, 7) is 1.41. The highest BCUT2D eigenvalue weighted by Gasteiger charge is 2.41. The molecule has 0 unspecified atom stereocenters. The van der Waals surface area contributed by atoms with Gasteiger partial charge in [0.25, 0.3) is 0 Å². The maximum atomic E-state index is 12.1. The van der Waals surface area contributed by atoms with E-state index in [9.17, 15) is 9.90 Å². The molecule has 3 rings (SSSR count). The second kappa shape index (κ2) is 8.15. The number of carbonyl (C=O) groups is 1. The smallest absolute Gasteiger partial charge is 0.223 e. The third-order valence-electron chi connectivity index (χ3n) is 5.17. The van der Waals surface area contributed by atoms with Crippen LogP contribution in [0.4, 0.5) is 0 Å². The maximum Gasteiger partial charge on any atom is 0.223 e. The lowest BCUT2D eigenvalue weighted by atomic mass is 9.72. The van der Waals surface area contributed by atoms with E-state index in [2.05, 4.69) is 15.9 Å². The van der Waals surface area contributed by atoms with Crippen LogP contribution in [0.15, 0.2) is 60.7 Å². The first kappa shape index (κ1) is 18.2. The number of carbonyl (C=O) groups excluding carboxylic acids is 1. The summed E-state index contributed by atoms with van der Waals surface area (Å²) in [7, 11) is 0. The first-order valence-electron chi connectivity index (χ1n) is 8.83. The van der Waals surface area contributed by atoms with Crippen molar-refractivity contribution in [1.82, 2.24) is 4.90 Å². The van der Waals surface area contributed by atoms with Gasteiger partial charge in [0.05, 0.1) is 0 Å². The normalized spacial score (nSPS) is 16.0. The van der Waals surface area contributed by atoms with Gasteiger partial charge in [-0.1, -0.05) is 76.6 Å². The van der Waals surface area contributed by atoms with Gasteiger partial charge in [0.2, 0.25) is 5.91 Å². The van der Waals surface area contributed by atoms with E-state index in [-0.39, 0.29) is 11.8 Å². The number of hydrogen-bond donors (Lipinski definition) is 1. The van der Waals surface area contributed by atoms with Crippen molar-refractivity contribution in [2.24, 2.45) is 5.92 Å². The molecule has 1 saturated heterocycles. The van der Waals surface area contributed by atoms with Gasteiger partial charge in [0.15, 0.2) is 0 Å². The Kier molecular flexibility index (Phi) is 5.92. The molecular formula is C21H24BrNO2. The van der Waals surface area contributed by atoms with Gasteiger partial charge in [-0.05, 0) is 29.9 Å². The molecule has 1 aliphatic rings. The molecule has 2 aromatic carbocycles. The Morgan fingerprint density at radius 3 is 1.92 bits per heavy atom. The predicted molar refractivity (Wildman–Crippen MR) is 104 cm³/mol. The molecule has 0 saturated carbocycles. The second-order valence-electron chi connectivity index (χ2n) is 6.59. The number of rotatable bonds is 5. The van der Waals surface area contributed by atoms with Crippen LogP contribution in [0.1, 0.15) is 30.4 Å². The summed E-state index contributed by atoms with van der Waals surface area (Å²) in [5.74, 6) is 0.281. The highest BCUT2D eigenvalue weighted by molar-refractivity contribution is 9.09. The molecule has 0 atom stereocenters. The topological polar surface area (TPSA) is 40.5 Å². The molecule has 3 nitrogen and oxygen atoms in total. The number of alkyl halides is 1. The van der Waals surface area contributed by atoms with Crippen molar-refractivity contribution in [1.29, 1.82) is 0 Å². The van der Waals surface area contributed by atoms with Crippen molar-refractivity contribution in [2.75, 3.05) is 18.4 Å². The number of amides is 1. The highest BCUT2D eigenvalue weighted by Crippen LogP contribution is 2.41. The summed E-state index contributed by atoms with van der Waals surface area (Å²) in [4.78, 5) is 14.1. The summed E-state index contributed by atoms with van der Waals surface area (Å²) in [6, 6.07) is 19.8. The maximum absolute atomic E-state index is 12.1. The SMILES string of the molecule is O=C(CCBr)N1CCC(C(O)(c2ccccc2)c2ccccc2)CC1. The molecule has 25 heavy (non-hydrogen) atoms. The largest absolute Gasteiger partial charge is 0.380 e. The van der Waals surface area contributed by atoms with E-state index in [1.54, 1.807) is 0 Å². The number of benzene rings is 2. The third kappa shape index (κ3) is 3.80. The van der Waals surface area contributed by atoms with Crippen LogP contribution in [0.3, 0.4) is 0 Å². The number of hydrogen-bond acceptors (Lipinski definition) is 2. The van der Waals surface area contributed by atoms with Crippen LogP contribution in [-0.2, 0) is 10.4 Å². The summed E-state index contributed by atoms with van der Waals surface area (Å²) >= 11 is 3.33. The van der Waals surface area contributed by atoms with E-state index in [1.807, 2.05) is 65.6 Å². The standard InChI is InChI=1S/C21H24BrNO2/c22-14-11-20(24)23-15-12-19(13-16-23)21(25,17-7-3-1-4-8-17)18-9-5-2-6-10-18/h1-10,19,25H,11-16H2. The lowest BCUT2D eigenvalue weighted by Crippen LogP contribution is -2.46. The molecule has 0 bridgehead atoms. The first-order valence-corrected chi connectivity index (χ1v) is 9.95. The molecule has 0 aromatic heterocycles. The number of likely N-dealkylation sites (tertiary alicyclic amines) is 1. The zero-order chi connectivity index (χ0) is 17.7. The minimum absolute atomic E-state index is 0.0883. The van der Waals surface area contributed by atoms with Gasteiger partial charge < -0.3 is 10.0 Å². The van der Waals surface area contributed by atoms with Crippen molar-refractivity contribution in [3.63, 3.8) is 0 Å². The minimum atomic E-state index is -1.02. The Labute approximate surface area is 157 Å². The Balaban J connectivity index is 1.86. The van der Waals surface area contributed by atoms with E-state index >= 15 is 0 Å². The molecule has 2 aromatic rings. The van der Waals surface area contributed by atoms with E-state index < -0.39 is 5.60 Å². The number of halogens is 1. The van der Waals surface area contributed by atoms with Gasteiger partial charge in [-0.15, -0.1) is 0 Å². The Hall–Kier alpha value is -1.65. The van der Waals surface area contributed by atoms with Crippen LogP contribution in [0, 0.1) is 5.92 Å². The Bertz CT molecular complexity index is 642. The molecular weight excluding hydrogens is 378 g/mol. The van der Waals surface area contributed by atoms with E-state index in [0.717, 1.165) is 24.0 Å². The van der Waals surface area contributed by atoms with Gasteiger partial charge >= 0.3 is 0 Å². The molecule has 1 fully saturated rings. The van der Waals surface area contributed by atoms with Crippen molar-refractivity contribution in [3.05, 3.63) is 71.8 Å². The summed E-state index contributed by atoms with van der Waals surface area (Å²) in [6.07, 6.45) is 2.13. The van der Waals surface area contributed by atoms with Crippen molar-refractivity contribution in [3.8, 4) is 0 Å². The van der Waals surface area contributed by atoms with Gasteiger partial charge in [-0.3, -0.25) is 4.79 Å². The lowest BCUT2D eigenvalue weighted by molar-refractivity contribution is -0.133. The fraction of sp³-hybridized carbons (Fsp3) is 0.381.